The van der Waals surface area contributed by atoms with Crippen LogP contribution in [0.2, 0.25) is 0 Å². The third-order valence-electron chi connectivity index (χ3n) is 2.88. The van der Waals surface area contributed by atoms with Crippen LogP contribution in [0, 0.1) is 0 Å². The third kappa shape index (κ3) is 5.02. The Balaban J connectivity index is 2.92. The SMILES string of the molecule is CCCCOC(=O)/C=C/c1c(OC)cc(OC)cc1OC. The van der Waals surface area contributed by atoms with Gasteiger partial charge in [-0.25, -0.2) is 4.79 Å². The van der Waals surface area contributed by atoms with Crippen molar-refractivity contribution < 1.29 is 23.7 Å². The number of hydrogen-bond acceptors (Lipinski definition) is 5. The molecule has 1 rings (SSSR count). The highest BCUT2D eigenvalue weighted by Gasteiger charge is 2.11. The van der Waals surface area contributed by atoms with Crippen LogP contribution in [0.4, 0.5) is 0 Å². The average molecular weight is 294 g/mol. The van der Waals surface area contributed by atoms with Crippen LogP contribution >= 0.6 is 0 Å². The minimum atomic E-state index is -0.386. The Hall–Kier alpha value is -2.17. The van der Waals surface area contributed by atoms with Crippen LogP contribution < -0.4 is 14.2 Å². The van der Waals surface area contributed by atoms with Crippen molar-refractivity contribution in [3.05, 3.63) is 23.8 Å². The Labute approximate surface area is 125 Å². The molecule has 0 atom stereocenters. The largest absolute Gasteiger partial charge is 0.496 e. The van der Waals surface area contributed by atoms with Crippen molar-refractivity contribution in [2.45, 2.75) is 19.8 Å². The van der Waals surface area contributed by atoms with E-state index >= 15 is 0 Å². The molecule has 0 aliphatic rings. The van der Waals surface area contributed by atoms with E-state index in [1.54, 1.807) is 39.5 Å². The van der Waals surface area contributed by atoms with Gasteiger partial charge in [0, 0.05) is 18.2 Å². The molecule has 0 aliphatic heterocycles. The second kappa shape index (κ2) is 8.89. The van der Waals surface area contributed by atoms with Gasteiger partial charge in [0.15, 0.2) is 0 Å². The van der Waals surface area contributed by atoms with E-state index in [0.717, 1.165) is 12.8 Å². The van der Waals surface area contributed by atoms with E-state index in [2.05, 4.69) is 0 Å². The van der Waals surface area contributed by atoms with E-state index in [-0.39, 0.29) is 5.97 Å². The fraction of sp³-hybridized carbons (Fsp3) is 0.438. The van der Waals surface area contributed by atoms with Crippen LogP contribution in [0.5, 0.6) is 17.2 Å². The van der Waals surface area contributed by atoms with Crippen LogP contribution in [-0.4, -0.2) is 33.9 Å². The molecule has 21 heavy (non-hydrogen) atoms. The van der Waals surface area contributed by atoms with Gasteiger partial charge in [-0.05, 0) is 12.5 Å². The lowest BCUT2D eigenvalue weighted by Gasteiger charge is -2.12. The predicted molar refractivity (Wildman–Crippen MR) is 81.0 cm³/mol. The van der Waals surface area contributed by atoms with Crippen LogP contribution in [0.15, 0.2) is 18.2 Å². The molecule has 0 fully saturated rings. The molecule has 1 aromatic carbocycles. The number of esters is 1. The number of unbranched alkanes of at least 4 members (excludes halogenated alkanes) is 1. The number of ether oxygens (including phenoxy) is 4. The molecular formula is C16H22O5. The first-order chi connectivity index (χ1) is 10.2. The van der Waals surface area contributed by atoms with Crippen molar-refractivity contribution in [3.63, 3.8) is 0 Å². The molecule has 0 radical (unpaired) electrons. The summed E-state index contributed by atoms with van der Waals surface area (Å²) in [6, 6.07) is 3.45. The van der Waals surface area contributed by atoms with Crippen LogP contribution in [-0.2, 0) is 9.53 Å². The lowest BCUT2D eigenvalue weighted by atomic mass is 10.1. The third-order valence-corrected chi connectivity index (χ3v) is 2.88. The standard InChI is InChI=1S/C16H22O5/c1-5-6-9-21-16(17)8-7-13-14(19-3)10-12(18-2)11-15(13)20-4/h7-8,10-11H,5-6,9H2,1-4H3/b8-7+. The van der Waals surface area contributed by atoms with Gasteiger partial charge >= 0.3 is 5.97 Å². The van der Waals surface area contributed by atoms with E-state index in [1.807, 2.05) is 6.92 Å². The smallest absolute Gasteiger partial charge is 0.330 e. The first-order valence-corrected chi connectivity index (χ1v) is 6.81. The molecule has 0 saturated heterocycles. The highest BCUT2D eigenvalue weighted by molar-refractivity contribution is 5.88. The van der Waals surface area contributed by atoms with Crippen LogP contribution in [0.25, 0.3) is 6.08 Å². The van der Waals surface area contributed by atoms with Gasteiger partial charge < -0.3 is 18.9 Å². The molecule has 0 amide bonds. The van der Waals surface area contributed by atoms with E-state index in [4.69, 9.17) is 18.9 Å². The number of carbonyl (C=O) groups excluding carboxylic acids is 1. The van der Waals surface area contributed by atoms with Crippen molar-refractivity contribution >= 4 is 12.0 Å². The average Bonchev–Trinajstić information content (AvgIpc) is 2.52. The van der Waals surface area contributed by atoms with Gasteiger partial charge in [-0.1, -0.05) is 13.3 Å². The topological polar surface area (TPSA) is 54.0 Å². The Bertz CT molecular complexity index is 468. The lowest BCUT2D eigenvalue weighted by molar-refractivity contribution is -0.137. The zero-order valence-electron chi connectivity index (χ0n) is 13.0. The monoisotopic (exact) mass is 294 g/mol. The van der Waals surface area contributed by atoms with Crippen molar-refractivity contribution in [3.8, 4) is 17.2 Å². The molecular weight excluding hydrogens is 272 g/mol. The normalized spacial score (nSPS) is 10.5. The summed E-state index contributed by atoms with van der Waals surface area (Å²) in [6.45, 7) is 2.47. The number of rotatable bonds is 8. The molecule has 0 aliphatic carbocycles. The molecule has 116 valence electrons. The molecule has 0 unspecified atom stereocenters. The minimum absolute atomic E-state index is 0.386. The summed E-state index contributed by atoms with van der Waals surface area (Å²) in [5, 5.41) is 0. The second-order valence-electron chi connectivity index (χ2n) is 4.30. The maximum Gasteiger partial charge on any atom is 0.330 e. The Morgan fingerprint density at radius 1 is 1.10 bits per heavy atom. The van der Waals surface area contributed by atoms with E-state index in [1.165, 1.54) is 6.08 Å². The van der Waals surface area contributed by atoms with E-state index in [0.29, 0.717) is 29.4 Å². The molecule has 0 aromatic heterocycles. The molecule has 0 heterocycles. The Morgan fingerprint density at radius 2 is 1.71 bits per heavy atom. The number of carbonyl (C=O) groups is 1. The van der Waals surface area contributed by atoms with Crippen molar-refractivity contribution in [1.29, 1.82) is 0 Å². The summed E-state index contributed by atoms with van der Waals surface area (Å²) in [5.41, 5.74) is 0.660. The van der Waals surface area contributed by atoms with Crippen molar-refractivity contribution in [1.82, 2.24) is 0 Å². The van der Waals surface area contributed by atoms with E-state index in [9.17, 15) is 4.79 Å². The summed E-state index contributed by atoms with van der Waals surface area (Å²) in [4.78, 5) is 11.6. The predicted octanol–water partition coefficient (Wildman–Crippen LogP) is 3.07. The van der Waals surface area contributed by atoms with Gasteiger partial charge in [-0.3, -0.25) is 0 Å². The van der Waals surface area contributed by atoms with Crippen LogP contribution in [0.1, 0.15) is 25.3 Å². The zero-order chi connectivity index (χ0) is 15.7. The lowest BCUT2D eigenvalue weighted by Crippen LogP contribution is -2.02. The molecule has 5 heteroatoms. The highest BCUT2D eigenvalue weighted by Crippen LogP contribution is 2.34. The summed E-state index contributed by atoms with van der Waals surface area (Å²) in [7, 11) is 4.66. The highest BCUT2D eigenvalue weighted by atomic mass is 16.5. The molecule has 5 nitrogen and oxygen atoms in total. The fourth-order valence-electron chi connectivity index (χ4n) is 1.71. The molecule has 0 spiro atoms. The minimum Gasteiger partial charge on any atom is -0.496 e. The van der Waals surface area contributed by atoms with Crippen LogP contribution in [0.3, 0.4) is 0 Å². The Kier molecular flexibility index (Phi) is 7.15. The fourth-order valence-corrected chi connectivity index (χ4v) is 1.71. The van der Waals surface area contributed by atoms with Gasteiger partial charge in [-0.15, -0.1) is 0 Å². The van der Waals surface area contributed by atoms with Gasteiger partial charge in [0.2, 0.25) is 0 Å². The van der Waals surface area contributed by atoms with Gasteiger partial charge in [0.1, 0.15) is 17.2 Å². The maximum atomic E-state index is 11.6. The van der Waals surface area contributed by atoms with Gasteiger partial charge in [0.25, 0.3) is 0 Å². The molecule has 0 saturated carbocycles. The Morgan fingerprint density at radius 3 is 2.19 bits per heavy atom. The van der Waals surface area contributed by atoms with E-state index < -0.39 is 0 Å². The zero-order valence-corrected chi connectivity index (χ0v) is 13.0. The van der Waals surface area contributed by atoms with Gasteiger partial charge in [-0.2, -0.15) is 0 Å². The molecule has 1 aromatic rings. The number of methoxy groups -OCH3 is 3. The second-order valence-corrected chi connectivity index (χ2v) is 4.30. The number of hydrogen-bond donors (Lipinski definition) is 0. The van der Waals surface area contributed by atoms with Crippen molar-refractivity contribution in [2.75, 3.05) is 27.9 Å². The first kappa shape index (κ1) is 16.9. The number of benzene rings is 1. The molecule has 0 bridgehead atoms. The summed E-state index contributed by atoms with van der Waals surface area (Å²) in [5.74, 6) is 1.35. The first-order valence-electron chi connectivity index (χ1n) is 6.81. The summed E-state index contributed by atoms with van der Waals surface area (Å²) in [6.07, 6.45) is 4.82. The van der Waals surface area contributed by atoms with Gasteiger partial charge in [0.05, 0.1) is 33.5 Å². The summed E-state index contributed by atoms with van der Waals surface area (Å²) < 4.78 is 20.8. The molecule has 0 N–H and O–H groups in total. The maximum absolute atomic E-state index is 11.6. The summed E-state index contributed by atoms with van der Waals surface area (Å²) >= 11 is 0. The quantitative estimate of drug-likeness (QED) is 0.419. The van der Waals surface area contributed by atoms with Crippen molar-refractivity contribution in [2.24, 2.45) is 0 Å².